The number of nitrogens with one attached hydrogen (secondary N) is 1. The van der Waals surface area contributed by atoms with Crippen molar-refractivity contribution in [2.24, 2.45) is 5.92 Å². The SMILES string of the molecule is CCC(CC)CN(CC)c1ccc(CNC(C)C)c(C)n1. The van der Waals surface area contributed by atoms with Gasteiger partial charge in [0.1, 0.15) is 5.82 Å². The second kappa shape index (κ2) is 9.04. The van der Waals surface area contributed by atoms with Gasteiger partial charge < -0.3 is 10.2 Å². The second-order valence-corrected chi connectivity index (χ2v) is 6.17. The first-order chi connectivity index (χ1) is 10.0. The van der Waals surface area contributed by atoms with Crippen LogP contribution in [-0.2, 0) is 6.54 Å². The van der Waals surface area contributed by atoms with Crippen molar-refractivity contribution in [3.05, 3.63) is 23.4 Å². The Bertz CT molecular complexity index is 411. The number of aryl methyl sites for hydroxylation is 1. The predicted octanol–water partition coefficient (Wildman–Crippen LogP) is 4.15. The van der Waals surface area contributed by atoms with Gasteiger partial charge in [0.25, 0.3) is 0 Å². The van der Waals surface area contributed by atoms with Crippen molar-refractivity contribution in [2.75, 3.05) is 18.0 Å². The third-order valence-electron chi connectivity index (χ3n) is 4.22. The average Bonchev–Trinajstić information content (AvgIpc) is 2.47. The fraction of sp³-hybridized carbons (Fsp3) is 0.722. The summed E-state index contributed by atoms with van der Waals surface area (Å²) in [4.78, 5) is 7.24. The van der Waals surface area contributed by atoms with Gasteiger partial charge in [0.05, 0.1) is 0 Å². The summed E-state index contributed by atoms with van der Waals surface area (Å²) in [7, 11) is 0. The van der Waals surface area contributed by atoms with Gasteiger partial charge in [-0.25, -0.2) is 4.98 Å². The Labute approximate surface area is 131 Å². The minimum Gasteiger partial charge on any atom is -0.357 e. The Kier molecular flexibility index (Phi) is 7.73. The molecular weight excluding hydrogens is 258 g/mol. The van der Waals surface area contributed by atoms with E-state index in [0.29, 0.717) is 6.04 Å². The van der Waals surface area contributed by atoms with Crippen LogP contribution in [0.5, 0.6) is 0 Å². The molecule has 0 bridgehead atoms. The van der Waals surface area contributed by atoms with E-state index >= 15 is 0 Å². The summed E-state index contributed by atoms with van der Waals surface area (Å²) in [5.74, 6) is 1.88. The molecule has 0 amide bonds. The molecule has 0 aliphatic heterocycles. The first-order valence-corrected chi connectivity index (χ1v) is 8.46. The maximum Gasteiger partial charge on any atom is 0.128 e. The van der Waals surface area contributed by atoms with Crippen LogP contribution < -0.4 is 10.2 Å². The zero-order chi connectivity index (χ0) is 15.8. The fourth-order valence-electron chi connectivity index (χ4n) is 2.50. The van der Waals surface area contributed by atoms with Crippen molar-refractivity contribution in [1.82, 2.24) is 10.3 Å². The highest BCUT2D eigenvalue weighted by molar-refractivity contribution is 5.41. The summed E-state index contributed by atoms with van der Waals surface area (Å²) >= 11 is 0. The lowest BCUT2D eigenvalue weighted by Gasteiger charge is -2.27. The average molecular weight is 291 g/mol. The molecule has 0 aromatic carbocycles. The van der Waals surface area contributed by atoms with Crippen LogP contribution in [0.15, 0.2) is 12.1 Å². The molecule has 1 aromatic rings. The molecule has 0 aliphatic carbocycles. The second-order valence-electron chi connectivity index (χ2n) is 6.17. The number of rotatable bonds is 9. The van der Waals surface area contributed by atoms with Gasteiger partial charge in [-0.05, 0) is 31.4 Å². The number of aromatic nitrogens is 1. The number of pyridine rings is 1. The molecule has 1 heterocycles. The van der Waals surface area contributed by atoms with Crippen LogP contribution in [0.2, 0.25) is 0 Å². The maximum absolute atomic E-state index is 4.83. The van der Waals surface area contributed by atoms with Crippen LogP contribution >= 0.6 is 0 Å². The van der Waals surface area contributed by atoms with Gasteiger partial charge in [-0.15, -0.1) is 0 Å². The van der Waals surface area contributed by atoms with Gasteiger partial charge >= 0.3 is 0 Å². The zero-order valence-electron chi connectivity index (χ0n) is 14.7. The molecule has 0 radical (unpaired) electrons. The zero-order valence-corrected chi connectivity index (χ0v) is 14.7. The molecule has 120 valence electrons. The number of hydrogen-bond acceptors (Lipinski definition) is 3. The minimum atomic E-state index is 0.506. The van der Waals surface area contributed by atoms with Crippen LogP contribution in [0.25, 0.3) is 0 Å². The van der Waals surface area contributed by atoms with Crippen LogP contribution in [0.3, 0.4) is 0 Å². The van der Waals surface area contributed by atoms with Crippen LogP contribution in [0.4, 0.5) is 5.82 Å². The third kappa shape index (κ3) is 5.66. The molecular formula is C18H33N3. The van der Waals surface area contributed by atoms with Crippen molar-refractivity contribution in [2.45, 2.75) is 67.0 Å². The largest absolute Gasteiger partial charge is 0.357 e. The summed E-state index contributed by atoms with van der Waals surface area (Å²) in [6, 6.07) is 4.91. The molecule has 0 spiro atoms. The molecule has 1 rings (SSSR count). The Balaban J connectivity index is 2.79. The van der Waals surface area contributed by atoms with E-state index in [-0.39, 0.29) is 0 Å². The van der Waals surface area contributed by atoms with E-state index in [9.17, 15) is 0 Å². The molecule has 1 N–H and O–H groups in total. The molecule has 1 aromatic heterocycles. The van der Waals surface area contributed by atoms with Crippen molar-refractivity contribution >= 4 is 5.82 Å². The van der Waals surface area contributed by atoms with Crippen LogP contribution in [0.1, 0.15) is 58.7 Å². The van der Waals surface area contributed by atoms with Crippen molar-refractivity contribution in [3.8, 4) is 0 Å². The highest BCUT2D eigenvalue weighted by Gasteiger charge is 2.13. The molecule has 0 unspecified atom stereocenters. The Hall–Kier alpha value is -1.09. The van der Waals surface area contributed by atoms with E-state index in [1.54, 1.807) is 0 Å². The smallest absolute Gasteiger partial charge is 0.128 e. The maximum atomic E-state index is 4.83. The summed E-state index contributed by atoms with van der Waals surface area (Å²) in [5, 5.41) is 3.46. The van der Waals surface area contributed by atoms with E-state index < -0.39 is 0 Å². The Morgan fingerprint density at radius 3 is 2.29 bits per heavy atom. The lowest BCUT2D eigenvalue weighted by molar-refractivity contribution is 0.484. The van der Waals surface area contributed by atoms with Gasteiger partial charge in [0.2, 0.25) is 0 Å². The Morgan fingerprint density at radius 2 is 1.81 bits per heavy atom. The Morgan fingerprint density at radius 1 is 1.14 bits per heavy atom. The summed E-state index contributed by atoms with van der Waals surface area (Å²) in [6.45, 7) is 16.3. The van der Waals surface area contributed by atoms with Crippen molar-refractivity contribution in [1.29, 1.82) is 0 Å². The third-order valence-corrected chi connectivity index (χ3v) is 4.22. The lowest BCUT2D eigenvalue weighted by atomic mass is 10.0. The van der Waals surface area contributed by atoms with Crippen LogP contribution in [0, 0.1) is 12.8 Å². The monoisotopic (exact) mass is 291 g/mol. The first kappa shape index (κ1) is 18.0. The van der Waals surface area contributed by atoms with Crippen LogP contribution in [-0.4, -0.2) is 24.1 Å². The van der Waals surface area contributed by atoms with Gasteiger partial charge in [0.15, 0.2) is 0 Å². The molecule has 0 saturated heterocycles. The predicted molar refractivity (Wildman–Crippen MR) is 92.9 cm³/mol. The lowest BCUT2D eigenvalue weighted by Crippen LogP contribution is -2.30. The van der Waals surface area contributed by atoms with E-state index in [1.807, 2.05) is 0 Å². The molecule has 0 aliphatic rings. The first-order valence-electron chi connectivity index (χ1n) is 8.46. The summed E-state index contributed by atoms with van der Waals surface area (Å²) in [5.41, 5.74) is 2.44. The molecule has 0 atom stereocenters. The van der Waals surface area contributed by atoms with Gasteiger partial charge in [0, 0.05) is 31.4 Å². The van der Waals surface area contributed by atoms with E-state index in [2.05, 4.69) is 63.9 Å². The highest BCUT2D eigenvalue weighted by atomic mass is 15.2. The fourth-order valence-corrected chi connectivity index (χ4v) is 2.50. The molecule has 0 saturated carbocycles. The van der Waals surface area contributed by atoms with Gasteiger partial charge in [-0.2, -0.15) is 0 Å². The minimum absolute atomic E-state index is 0.506. The highest BCUT2D eigenvalue weighted by Crippen LogP contribution is 2.18. The topological polar surface area (TPSA) is 28.2 Å². The number of anilines is 1. The molecule has 3 nitrogen and oxygen atoms in total. The van der Waals surface area contributed by atoms with E-state index in [1.165, 1.54) is 18.4 Å². The van der Waals surface area contributed by atoms with Gasteiger partial charge in [-0.3, -0.25) is 0 Å². The summed E-state index contributed by atoms with van der Waals surface area (Å²) in [6.07, 6.45) is 2.48. The van der Waals surface area contributed by atoms with Crippen molar-refractivity contribution in [3.63, 3.8) is 0 Å². The quantitative estimate of drug-likeness (QED) is 0.741. The van der Waals surface area contributed by atoms with Gasteiger partial charge in [-0.1, -0.05) is 46.6 Å². The summed E-state index contributed by atoms with van der Waals surface area (Å²) < 4.78 is 0. The van der Waals surface area contributed by atoms with E-state index in [0.717, 1.165) is 37.1 Å². The number of hydrogen-bond donors (Lipinski definition) is 1. The van der Waals surface area contributed by atoms with Crippen molar-refractivity contribution < 1.29 is 0 Å². The molecule has 0 fully saturated rings. The normalized spacial score (nSPS) is 11.4. The number of nitrogens with zero attached hydrogens (tertiary/aromatic N) is 2. The molecule has 21 heavy (non-hydrogen) atoms. The molecule has 3 heteroatoms. The van der Waals surface area contributed by atoms with E-state index in [4.69, 9.17) is 4.98 Å². The standard InChI is InChI=1S/C18H33N3/c1-7-16(8-2)13-21(9-3)18-11-10-17(15(6)20-18)12-19-14(4)5/h10-11,14,16,19H,7-9,12-13H2,1-6H3.